The van der Waals surface area contributed by atoms with Crippen molar-refractivity contribution in [1.82, 2.24) is 0 Å². The lowest BCUT2D eigenvalue weighted by Gasteiger charge is -2.08. The van der Waals surface area contributed by atoms with Gasteiger partial charge in [0.2, 0.25) is 5.91 Å². The molecule has 0 heterocycles. The SMILES string of the molecule is Nc1ccccc1CC(=O)Nc1ccc(Cl)c(Cl)c1. The van der Waals surface area contributed by atoms with Crippen molar-refractivity contribution in [2.24, 2.45) is 0 Å². The summed E-state index contributed by atoms with van der Waals surface area (Å²) in [6.07, 6.45) is 0.215. The summed E-state index contributed by atoms with van der Waals surface area (Å²) in [5.74, 6) is -0.156. The summed E-state index contributed by atoms with van der Waals surface area (Å²) in [5, 5.41) is 3.60. The van der Waals surface area contributed by atoms with Crippen LogP contribution in [0.1, 0.15) is 5.56 Å². The second-order valence-corrected chi connectivity index (χ2v) is 4.87. The molecule has 19 heavy (non-hydrogen) atoms. The van der Waals surface area contributed by atoms with Gasteiger partial charge >= 0.3 is 0 Å². The number of halogens is 2. The van der Waals surface area contributed by atoms with Gasteiger partial charge in [-0.15, -0.1) is 0 Å². The van der Waals surface area contributed by atoms with E-state index in [1.54, 1.807) is 24.3 Å². The standard InChI is InChI=1S/C14H12Cl2N2O/c15-11-6-5-10(8-12(11)16)18-14(19)7-9-3-1-2-4-13(9)17/h1-6,8H,7,17H2,(H,18,19). The summed E-state index contributed by atoms with van der Waals surface area (Å²) in [7, 11) is 0. The molecule has 0 aromatic heterocycles. The molecule has 0 aliphatic rings. The van der Waals surface area contributed by atoms with E-state index in [2.05, 4.69) is 5.32 Å². The third-order valence-electron chi connectivity index (χ3n) is 2.61. The fraction of sp³-hybridized carbons (Fsp3) is 0.0714. The van der Waals surface area contributed by atoms with Gasteiger partial charge in [0.1, 0.15) is 0 Å². The maximum atomic E-state index is 11.9. The molecule has 0 spiro atoms. The molecule has 0 aliphatic heterocycles. The number of nitrogens with two attached hydrogens (primary N) is 1. The van der Waals surface area contributed by atoms with Gasteiger partial charge in [0.05, 0.1) is 16.5 Å². The van der Waals surface area contributed by atoms with Gasteiger partial charge in [0, 0.05) is 11.4 Å². The molecule has 0 bridgehead atoms. The first-order valence-electron chi connectivity index (χ1n) is 5.64. The zero-order valence-electron chi connectivity index (χ0n) is 9.99. The van der Waals surface area contributed by atoms with Crippen LogP contribution in [0.25, 0.3) is 0 Å². The number of para-hydroxylation sites is 1. The Morgan fingerprint density at radius 3 is 2.53 bits per heavy atom. The highest BCUT2D eigenvalue weighted by Crippen LogP contribution is 2.25. The minimum atomic E-state index is -0.156. The molecule has 0 fully saturated rings. The van der Waals surface area contributed by atoms with Crippen LogP contribution >= 0.6 is 23.2 Å². The Hall–Kier alpha value is -1.71. The zero-order valence-corrected chi connectivity index (χ0v) is 11.5. The van der Waals surface area contributed by atoms with Crippen LogP contribution in [0.15, 0.2) is 42.5 Å². The number of hydrogen-bond acceptors (Lipinski definition) is 2. The van der Waals surface area contributed by atoms with Crippen LogP contribution in [-0.4, -0.2) is 5.91 Å². The van der Waals surface area contributed by atoms with Crippen molar-refractivity contribution < 1.29 is 4.79 Å². The molecule has 2 aromatic rings. The van der Waals surface area contributed by atoms with Crippen molar-refractivity contribution in [2.75, 3.05) is 11.1 Å². The molecule has 98 valence electrons. The molecule has 0 atom stereocenters. The summed E-state index contributed by atoms with van der Waals surface area (Å²) in [5.41, 5.74) is 7.79. The Balaban J connectivity index is 2.05. The number of carbonyl (C=O) groups excluding carboxylic acids is 1. The number of hydrogen-bond donors (Lipinski definition) is 2. The molecule has 0 saturated carbocycles. The molecule has 1 amide bonds. The highest BCUT2D eigenvalue weighted by molar-refractivity contribution is 6.42. The zero-order chi connectivity index (χ0) is 13.8. The Kier molecular flexibility index (Phi) is 4.30. The smallest absolute Gasteiger partial charge is 0.228 e. The first-order chi connectivity index (χ1) is 9.06. The Morgan fingerprint density at radius 2 is 1.84 bits per heavy atom. The lowest BCUT2D eigenvalue weighted by atomic mass is 10.1. The maximum Gasteiger partial charge on any atom is 0.228 e. The van der Waals surface area contributed by atoms with Crippen LogP contribution in [0.3, 0.4) is 0 Å². The molecule has 3 nitrogen and oxygen atoms in total. The average Bonchev–Trinajstić information content (AvgIpc) is 2.37. The van der Waals surface area contributed by atoms with Crippen LogP contribution in [0.4, 0.5) is 11.4 Å². The number of nitrogens with one attached hydrogen (secondary N) is 1. The third kappa shape index (κ3) is 3.63. The largest absolute Gasteiger partial charge is 0.398 e. The van der Waals surface area contributed by atoms with Crippen LogP contribution in [0.5, 0.6) is 0 Å². The maximum absolute atomic E-state index is 11.9. The van der Waals surface area contributed by atoms with E-state index < -0.39 is 0 Å². The van der Waals surface area contributed by atoms with Gasteiger partial charge in [-0.05, 0) is 29.8 Å². The van der Waals surface area contributed by atoms with Crippen molar-refractivity contribution in [3.63, 3.8) is 0 Å². The number of anilines is 2. The van der Waals surface area contributed by atoms with Crippen molar-refractivity contribution >= 4 is 40.5 Å². The van der Waals surface area contributed by atoms with Crippen LogP contribution in [0.2, 0.25) is 10.0 Å². The van der Waals surface area contributed by atoms with E-state index in [1.807, 2.05) is 18.2 Å². The molecule has 2 aromatic carbocycles. The molecular formula is C14H12Cl2N2O. The number of benzene rings is 2. The molecule has 0 radical (unpaired) electrons. The number of carbonyl (C=O) groups is 1. The second kappa shape index (κ2) is 5.95. The van der Waals surface area contributed by atoms with E-state index in [9.17, 15) is 4.79 Å². The number of amides is 1. The predicted molar refractivity (Wildman–Crippen MR) is 79.7 cm³/mol. The van der Waals surface area contributed by atoms with E-state index in [0.29, 0.717) is 21.4 Å². The molecule has 0 aliphatic carbocycles. The van der Waals surface area contributed by atoms with Gasteiger partial charge < -0.3 is 11.1 Å². The lowest BCUT2D eigenvalue weighted by molar-refractivity contribution is -0.115. The quantitative estimate of drug-likeness (QED) is 0.847. The molecule has 0 unspecified atom stereocenters. The molecule has 3 N–H and O–H groups in total. The van der Waals surface area contributed by atoms with Gasteiger partial charge in [-0.3, -0.25) is 4.79 Å². The van der Waals surface area contributed by atoms with Gasteiger partial charge in [-0.25, -0.2) is 0 Å². The minimum Gasteiger partial charge on any atom is -0.398 e. The molecule has 0 saturated heterocycles. The van der Waals surface area contributed by atoms with Crippen molar-refractivity contribution in [3.05, 3.63) is 58.1 Å². The van der Waals surface area contributed by atoms with Gasteiger partial charge in [0.25, 0.3) is 0 Å². The highest BCUT2D eigenvalue weighted by Gasteiger charge is 2.07. The number of nitrogen functional groups attached to an aromatic ring is 1. The highest BCUT2D eigenvalue weighted by atomic mass is 35.5. The summed E-state index contributed by atoms with van der Waals surface area (Å²) in [4.78, 5) is 11.9. The fourth-order valence-electron chi connectivity index (χ4n) is 1.65. The van der Waals surface area contributed by atoms with Crippen LogP contribution in [-0.2, 0) is 11.2 Å². The molecule has 5 heteroatoms. The first kappa shape index (κ1) is 13.7. The Labute approximate surface area is 121 Å². The monoisotopic (exact) mass is 294 g/mol. The van der Waals surface area contributed by atoms with E-state index >= 15 is 0 Å². The first-order valence-corrected chi connectivity index (χ1v) is 6.40. The van der Waals surface area contributed by atoms with E-state index in [-0.39, 0.29) is 12.3 Å². The van der Waals surface area contributed by atoms with Crippen LogP contribution < -0.4 is 11.1 Å². The Morgan fingerprint density at radius 1 is 1.11 bits per heavy atom. The Bertz CT molecular complexity index is 614. The second-order valence-electron chi connectivity index (χ2n) is 4.05. The van der Waals surface area contributed by atoms with Crippen LogP contribution in [0, 0.1) is 0 Å². The topological polar surface area (TPSA) is 55.1 Å². The minimum absolute atomic E-state index is 0.156. The summed E-state index contributed by atoms with van der Waals surface area (Å²) >= 11 is 11.7. The molecule has 2 rings (SSSR count). The summed E-state index contributed by atoms with van der Waals surface area (Å²) in [6.45, 7) is 0. The average molecular weight is 295 g/mol. The summed E-state index contributed by atoms with van der Waals surface area (Å²) in [6, 6.07) is 12.2. The third-order valence-corrected chi connectivity index (χ3v) is 3.35. The van der Waals surface area contributed by atoms with E-state index in [0.717, 1.165) is 5.56 Å². The van der Waals surface area contributed by atoms with E-state index in [1.165, 1.54) is 0 Å². The van der Waals surface area contributed by atoms with Gasteiger partial charge in [-0.1, -0.05) is 41.4 Å². The van der Waals surface area contributed by atoms with Crippen molar-refractivity contribution in [2.45, 2.75) is 6.42 Å². The van der Waals surface area contributed by atoms with Crippen molar-refractivity contribution in [3.8, 4) is 0 Å². The summed E-state index contributed by atoms with van der Waals surface area (Å²) < 4.78 is 0. The van der Waals surface area contributed by atoms with Crippen molar-refractivity contribution in [1.29, 1.82) is 0 Å². The fourth-order valence-corrected chi connectivity index (χ4v) is 1.95. The lowest BCUT2D eigenvalue weighted by Crippen LogP contribution is -2.15. The predicted octanol–water partition coefficient (Wildman–Crippen LogP) is 3.76. The van der Waals surface area contributed by atoms with Gasteiger partial charge in [0.15, 0.2) is 0 Å². The molecular weight excluding hydrogens is 283 g/mol. The van der Waals surface area contributed by atoms with Gasteiger partial charge in [-0.2, -0.15) is 0 Å². The normalized spacial score (nSPS) is 10.2. The van der Waals surface area contributed by atoms with E-state index in [4.69, 9.17) is 28.9 Å². The number of rotatable bonds is 3.